The van der Waals surface area contributed by atoms with Crippen molar-refractivity contribution in [2.75, 3.05) is 19.5 Å². The molecule has 8 nitrogen and oxygen atoms in total. The fourth-order valence-electron chi connectivity index (χ4n) is 3.70. The minimum absolute atomic E-state index is 0.0371. The van der Waals surface area contributed by atoms with Gasteiger partial charge in [0.2, 0.25) is 0 Å². The third-order valence-corrected chi connectivity index (χ3v) is 5.44. The summed E-state index contributed by atoms with van der Waals surface area (Å²) < 4.78 is 37.9. The van der Waals surface area contributed by atoms with E-state index in [0.717, 1.165) is 18.1 Å². The summed E-state index contributed by atoms with van der Waals surface area (Å²) >= 11 is 0. The molecule has 0 bridgehead atoms. The van der Waals surface area contributed by atoms with Crippen molar-refractivity contribution in [2.24, 2.45) is 0 Å². The van der Waals surface area contributed by atoms with Gasteiger partial charge >= 0.3 is 5.97 Å². The Morgan fingerprint density at radius 3 is 2.14 bits per heavy atom. The highest BCUT2D eigenvalue weighted by Gasteiger charge is 2.35. The van der Waals surface area contributed by atoms with Crippen molar-refractivity contribution in [3.05, 3.63) is 94.0 Å². The number of esters is 1. The van der Waals surface area contributed by atoms with E-state index in [4.69, 9.17) is 4.74 Å². The molecule has 35 heavy (non-hydrogen) atoms. The van der Waals surface area contributed by atoms with E-state index in [1.54, 1.807) is 30.3 Å². The Morgan fingerprint density at radius 1 is 0.886 bits per heavy atom. The number of carbonyl (C=O) groups is 4. The largest absolute Gasteiger partial charge is 0.496 e. The van der Waals surface area contributed by atoms with Crippen molar-refractivity contribution in [2.45, 2.75) is 6.54 Å². The molecular weight excluding hydrogens is 462 g/mol. The van der Waals surface area contributed by atoms with Crippen molar-refractivity contribution in [1.29, 1.82) is 0 Å². The standard InChI is InChI=1S/C25H18F2N2O6/c1-34-21-8-7-13(12-29-23(31)14-5-3-4-6-15(14)24(29)32)9-17(21)22(30)28-20-10-16(25(33)35-2)18(26)11-19(20)27/h3-11H,12H2,1-2H3,(H,28,30). The van der Waals surface area contributed by atoms with E-state index in [9.17, 15) is 28.0 Å². The predicted octanol–water partition coefficient (Wildman–Crippen LogP) is 3.81. The van der Waals surface area contributed by atoms with E-state index in [0.29, 0.717) is 11.6 Å². The van der Waals surface area contributed by atoms with Crippen LogP contribution in [0.5, 0.6) is 5.75 Å². The Labute approximate surface area is 198 Å². The fraction of sp³-hybridized carbons (Fsp3) is 0.120. The highest BCUT2D eigenvalue weighted by atomic mass is 19.1. The average Bonchev–Trinajstić information content (AvgIpc) is 3.10. The van der Waals surface area contributed by atoms with Crippen molar-refractivity contribution in [3.63, 3.8) is 0 Å². The molecule has 1 aliphatic heterocycles. The van der Waals surface area contributed by atoms with E-state index in [2.05, 4.69) is 10.1 Å². The number of methoxy groups -OCH3 is 2. The first-order chi connectivity index (χ1) is 16.7. The number of halogens is 2. The van der Waals surface area contributed by atoms with Crippen LogP contribution >= 0.6 is 0 Å². The normalized spacial score (nSPS) is 12.4. The fourth-order valence-corrected chi connectivity index (χ4v) is 3.70. The number of rotatable bonds is 6. The number of ether oxygens (including phenoxy) is 2. The number of anilines is 1. The summed E-state index contributed by atoms with van der Waals surface area (Å²) in [6, 6.07) is 12.1. The summed E-state index contributed by atoms with van der Waals surface area (Å²) in [5.74, 6) is -4.92. The van der Waals surface area contributed by atoms with Gasteiger partial charge in [0.25, 0.3) is 17.7 Å². The number of carbonyl (C=O) groups excluding carboxylic acids is 4. The van der Waals surface area contributed by atoms with Crippen LogP contribution in [0, 0.1) is 11.6 Å². The van der Waals surface area contributed by atoms with Gasteiger partial charge in [-0.25, -0.2) is 13.6 Å². The van der Waals surface area contributed by atoms with Gasteiger partial charge < -0.3 is 14.8 Å². The minimum Gasteiger partial charge on any atom is -0.496 e. The second kappa shape index (κ2) is 9.34. The molecule has 10 heteroatoms. The highest BCUT2D eigenvalue weighted by Crippen LogP contribution is 2.28. The van der Waals surface area contributed by atoms with Crippen LogP contribution in [0.3, 0.4) is 0 Å². The third-order valence-electron chi connectivity index (χ3n) is 5.44. The summed E-state index contributed by atoms with van der Waals surface area (Å²) in [6.07, 6.45) is 0. The Morgan fingerprint density at radius 2 is 1.54 bits per heavy atom. The molecule has 4 rings (SSSR count). The van der Waals surface area contributed by atoms with Gasteiger partial charge in [0.05, 0.1) is 48.7 Å². The summed E-state index contributed by atoms with van der Waals surface area (Å²) in [5, 5.41) is 2.28. The van der Waals surface area contributed by atoms with Crippen LogP contribution in [0.25, 0.3) is 0 Å². The maximum Gasteiger partial charge on any atom is 0.340 e. The molecule has 3 amide bonds. The van der Waals surface area contributed by atoms with E-state index in [1.807, 2.05) is 0 Å². The number of fused-ring (bicyclic) bond motifs is 1. The SMILES string of the molecule is COC(=O)c1cc(NC(=O)c2cc(CN3C(=O)c4ccccc4C3=O)ccc2OC)c(F)cc1F. The Kier molecular flexibility index (Phi) is 6.28. The van der Waals surface area contributed by atoms with Crippen molar-refractivity contribution in [3.8, 4) is 5.75 Å². The lowest BCUT2D eigenvalue weighted by Gasteiger charge is -2.16. The molecule has 0 radical (unpaired) electrons. The molecule has 0 fully saturated rings. The first kappa shape index (κ1) is 23.6. The van der Waals surface area contributed by atoms with Crippen molar-refractivity contribution < 1.29 is 37.4 Å². The highest BCUT2D eigenvalue weighted by molar-refractivity contribution is 6.21. The molecule has 178 valence electrons. The smallest absolute Gasteiger partial charge is 0.340 e. The lowest BCUT2D eigenvalue weighted by molar-refractivity contribution is 0.0592. The van der Waals surface area contributed by atoms with Gasteiger partial charge in [-0.1, -0.05) is 18.2 Å². The quantitative estimate of drug-likeness (QED) is 0.425. The number of nitrogens with zero attached hydrogens (tertiary/aromatic N) is 1. The number of imide groups is 1. The average molecular weight is 480 g/mol. The van der Waals surface area contributed by atoms with Crippen molar-refractivity contribution in [1.82, 2.24) is 4.90 Å². The Hall–Kier alpha value is -4.60. The van der Waals surface area contributed by atoms with Crippen LogP contribution < -0.4 is 10.1 Å². The van der Waals surface area contributed by atoms with Gasteiger partial charge in [0.15, 0.2) is 0 Å². The Bertz CT molecular complexity index is 1350. The monoisotopic (exact) mass is 480 g/mol. The molecule has 1 heterocycles. The van der Waals surface area contributed by atoms with Crippen LogP contribution in [0.1, 0.15) is 47.0 Å². The second-order valence-corrected chi connectivity index (χ2v) is 7.53. The van der Waals surface area contributed by atoms with Crippen molar-refractivity contribution >= 4 is 29.4 Å². The molecule has 3 aromatic carbocycles. The number of amides is 3. The van der Waals surface area contributed by atoms with Crippen LogP contribution in [0.4, 0.5) is 14.5 Å². The molecule has 3 aromatic rings. The van der Waals surface area contributed by atoms with Gasteiger partial charge in [-0.2, -0.15) is 0 Å². The molecule has 0 saturated heterocycles. The van der Waals surface area contributed by atoms with E-state index in [1.165, 1.54) is 19.2 Å². The van der Waals surface area contributed by atoms with Crippen LogP contribution in [-0.4, -0.2) is 42.8 Å². The molecule has 0 spiro atoms. The summed E-state index contributed by atoms with van der Waals surface area (Å²) in [4.78, 5) is 51.1. The number of hydrogen-bond acceptors (Lipinski definition) is 6. The van der Waals surface area contributed by atoms with E-state index in [-0.39, 0.29) is 29.0 Å². The zero-order chi connectivity index (χ0) is 25.3. The summed E-state index contributed by atoms with van der Waals surface area (Å²) in [6.45, 7) is -0.117. The number of hydrogen-bond donors (Lipinski definition) is 1. The van der Waals surface area contributed by atoms with E-state index < -0.39 is 46.6 Å². The topological polar surface area (TPSA) is 102 Å². The number of nitrogens with one attached hydrogen (secondary N) is 1. The minimum atomic E-state index is -1.15. The maximum absolute atomic E-state index is 14.3. The predicted molar refractivity (Wildman–Crippen MR) is 119 cm³/mol. The van der Waals surface area contributed by atoms with E-state index >= 15 is 0 Å². The first-order valence-electron chi connectivity index (χ1n) is 10.3. The maximum atomic E-state index is 14.3. The second-order valence-electron chi connectivity index (χ2n) is 7.53. The summed E-state index contributed by atoms with van der Waals surface area (Å²) in [5.41, 5.74) is -0.0419. The van der Waals surface area contributed by atoms with Gasteiger partial charge in [0.1, 0.15) is 17.4 Å². The van der Waals surface area contributed by atoms with Gasteiger partial charge in [-0.15, -0.1) is 0 Å². The van der Waals surface area contributed by atoms with Crippen LogP contribution in [0.2, 0.25) is 0 Å². The Balaban J connectivity index is 1.62. The molecular formula is C25H18F2N2O6. The molecule has 0 saturated carbocycles. The first-order valence-corrected chi connectivity index (χ1v) is 10.3. The van der Waals surface area contributed by atoms with Gasteiger partial charge in [-0.3, -0.25) is 19.3 Å². The molecule has 0 aliphatic carbocycles. The van der Waals surface area contributed by atoms with Crippen LogP contribution in [0.15, 0.2) is 54.6 Å². The number of benzene rings is 3. The molecule has 0 aromatic heterocycles. The third kappa shape index (κ3) is 4.33. The summed E-state index contributed by atoms with van der Waals surface area (Å²) in [7, 11) is 2.36. The lowest BCUT2D eigenvalue weighted by Crippen LogP contribution is -2.29. The molecule has 0 unspecified atom stereocenters. The zero-order valence-corrected chi connectivity index (χ0v) is 18.6. The molecule has 1 aliphatic rings. The lowest BCUT2D eigenvalue weighted by atomic mass is 10.1. The molecule has 0 atom stereocenters. The van der Waals surface area contributed by atoms with Gasteiger partial charge in [0, 0.05) is 6.07 Å². The van der Waals surface area contributed by atoms with Gasteiger partial charge in [-0.05, 0) is 35.9 Å². The zero-order valence-electron chi connectivity index (χ0n) is 18.6. The molecule has 1 N–H and O–H groups in total. The van der Waals surface area contributed by atoms with Crippen LogP contribution in [-0.2, 0) is 11.3 Å².